The van der Waals surface area contributed by atoms with E-state index in [-0.39, 0.29) is 6.03 Å². The standard InChI is InChI=1S/C12H23N3O/c1-14(12(13)16)9-11-7-4-8-15(11)10-5-2-3-6-10/h10-11H,2-9H2,1H3,(H2,13,16)/t11-/m0/s1. The fourth-order valence-corrected chi connectivity index (χ4v) is 3.18. The average molecular weight is 225 g/mol. The summed E-state index contributed by atoms with van der Waals surface area (Å²) in [6.45, 7) is 2.01. The van der Waals surface area contributed by atoms with Crippen LogP contribution in [0.1, 0.15) is 38.5 Å². The molecule has 2 amide bonds. The number of primary amides is 1. The maximum absolute atomic E-state index is 11.0. The maximum Gasteiger partial charge on any atom is 0.314 e. The molecule has 1 atom stereocenters. The smallest absolute Gasteiger partial charge is 0.314 e. The van der Waals surface area contributed by atoms with Gasteiger partial charge in [-0.05, 0) is 32.2 Å². The van der Waals surface area contributed by atoms with Gasteiger partial charge in [0, 0.05) is 25.7 Å². The zero-order chi connectivity index (χ0) is 11.5. The van der Waals surface area contributed by atoms with Crippen LogP contribution in [0.15, 0.2) is 0 Å². The van der Waals surface area contributed by atoms with Gasteiger partial charge in [0.1, 0.15) is 0 Å². The zero-order valence-corrected chi connectivity index (χ0v) is 10.2. The third-order valence-electron chi connectivity index (χ3n) is 4.08. The van der Waals surface area contributed by atoms with E-state index in [1.807, 2.05) is 0 Å². The van der Waals surface area contributed by atoms with Crippen LogP contribution in [0, 0.1) is 0 Å². The largest absolute Gasteiger partial charge is 0.351 e. The van der Waals surface area contributed by atoms with Crippen LogP contribution in [0.2, 0.25) is 0 Å². The molecular formula is C12H23N3O. The Morgan fingerprint density at radius 2 is 2.00 bits per heavy atom. The summed E-state index contributed by atoms with van der Waals surface area (Å²) in [6.07, 6.45) is 7.93. The number of rotatable bonds is 3. The fourth-order valence-electron chi connectivity index (χ4n) is 3.18. The molecule has 0 bridgehead atoms. The van der Waals surface area contributed by atoms with E-state index in [4.69, 9.17) is 5.73 Å². The molecule has 2 fully saturated rings. The quantitative estimate of drug-likeness (QED) is 0.789. The molecule has 2 rings (SSSR count). The molecule has 1 saturated carbocycles. The summed E-state index contributed by atoms with van der Waals surface area (Å²) in [5, 5.41) is 0. The van der Waals surface area contributed by atoms with Gasteiger partial charge in [-0.3, -0.25) is 4.90 Å². The number of nitrogens with two attached hydrogens (primary N) is 1. The Morgan fingerprint density at radius 1 is 1.31 bits per heavy atom. The van der Waals surface area contributed by atoms with Gasteiger partial charge in [-0.15, -0.1) is 0 Å². The number of likely N-dealkylation sites (tertiary alicyclic amines) is 1. The molecule has 0 aromatic carbocycles. The lowest BCUT2D eigenvalue weighted by molar-refractivity contribution is 0.149. The number of nitrogens with zero attached hydrogens (tertiary/aromatic N) is 2. The molecule has 0 unspecified atom stereocenters. The van der Waals surface area contributed by atoms with Crippen LogP contribution < -0.4 is 5.73 Å². The van der Waals surface area contributed by atoms with Gasteiger partial charge in [-0.25, -0.2) is 4.79 Å². The van der Waals surface area contributed by atoms with E-state index >= 15 is 0 Å². The van der Waals surface area contributed by atoms with Crippen molar-refractivity contribution >= 4 is 6.03 Å². The van der Waals surface area contributed by atoms with Gasteiger partial charge >= 0.3 is 6.03 Å². The summed E-state index contributed by atoms with van der Waals surface area (Å²) in [4.78, 5) is 15.3. The number of amides is 2. The molecule has 2 aliphatic rings. The summed E-state index contributed by atoms with van der Waals surface area (Å²) in [7, 11) is 1.80. The predicted molar refractivity (Wildman–Crippen MR) is 64.2 cm³/mol. The average Bonchev–Trinajstić information content (AvgIpc) is 2.85. The van der Waals surface area contributed by atoms with Crippen molar-refractivity contribution in [3.05, 3.63) is 0 Å². The molecule has 1 aliphatic heterocycles. The second-order valence-electron chi connectivity index (χ2n) is 5.19. The van der Waals surface area contributed by atoms with E-state index in [2.05, 4.69) is 4.90 Å². The van der Waals surface area contributed by atoms with Crippen molar-refractivity contribution in [3.8, 4) is 0 Å². The van der Waals surface area contributed by atoms with Crippen molar-refractivity contribution in [2.75, 3.05) is 20.1 Å². The van der Waals surface area contributed by atoms with E-state index in [9.17, 15) is 4.79 Å². The van der Waals surface area contributed by atoms with Gasteiger partial charge in [0.2, 0.25) is 0 Å². The molecule has 0 radical (unpaired) electrons. The molecule has 4 heteroatoms. The van der Waals surface area contributed by atoms with Crippen LogP contribution in [0.4, 0.5) is 4.79 Å². The van der Waals surface area contributed by atoms with Gasteiger partial charge in [0.15, 0.2) is 0 Å². The van der Waals surface area contributed by atoms with E-state index in [0.29, 0.717) is 6.04 Å². The molecule has 16 heavy (non-hydrogen) atoms. The first kappa shape index (κ1) is 11.7. The monoisotopic (exact) mass is 225 g/mol. The minimum absolute atomic E-state index is 0.307. The topological polar surface area (TPSA) is 49.6 Å². The Labute approximate surface area is 97.8 Å². The molecule has 0 aromatic rings. The summed E-state index contributed by atoms with van der Waals surface area (Å²) in [5.74, 6) is 0. The third-order valence-corrected chi connectivity index (χ3v) is 4.08. The molecule has 1 saturated heterocycles. The molecule has 0 spiro atoms. The number of urea groups is 1. The van der Waals surface area contributed by atoms with Crippen LogP contribution in [0.25, 0.3) is 0 Å². The summed E-state index contributed by atoms with van der Waals surface area (Å²) in [5.41, 5.74) is 5.28. The van der Waals surface area contributed by atoms with E-state index in [1.54, 1.807) is 11.9 Å². The minimum Gasteiger partial charge on any atom is -0.351 e. The third kappa shape index (κ3) is 2.48. The van der Waals surface area contributed by atoms with Crippen LogP contribution in [0.3, 0.4) is 0 Å². The van der Waals surface area contributed by atoms with Gasteiger partial charge in [-0.1, -0.05) is 12.8 Å². The number of hydrogen-bond donors (Lipinski definition) is 1. The summed E-state index contributed by atoms with van der Waals surface area (Å²) < 4.78 is 0. The number of likely N-dealkylation sites (N-methyl/N-ethyl adjacent to an activating group) is 1. The first-order chi connectivity index (χ1) is 7.68. The lowest BCUT2D eigenvalue weighted by Crippen LogP contribution is -2.46. The Bertz CT molecular complexity index is 251. The molecule has 1 aliphatic carbocycles. The second-order valence-corrected chi connectivity index (χ2v) is 5.19. The van der Waals surface area contributed by atoms with Crippen LogP contribution in [-0.4, -0.2) is 48.1 Å². The molecular weight excluding hydrogens is 202 g/mol. The number of hydrogen-bond acceptors (Lipinski definition) is 2. The molecule has 4 nitrogen and oxygen atoms in total. The molecule has 0 aromatic heterocycles. The van der Waals surface area contributed by atoms with Gasteiger partial charge < -0.3 is 10.6 Å². The van der Waals surface area contributed by atoms with Crippen molar-refractivity contribution in [1.82, 2.24) is 9.80 Å². The van der Waals surface area contributed by atoms with Crippen molar-refractivity contribution in [1.29, 1.82) is 0 Å². The second kappa shape index (κ2) is 5.04. The Kier molecular flexibility index (Phi) is 3.69. The van der Waals surface area contributed by atoms with Crippen LogP contribution in [0.5, 0.6) is 0 Å². The zero-order valence-electron chi connectivity index (χ0n) is 10.2. The Hall–Kier alpha value is -0.770. The van der Waals surface area contributed by atoms with Crippen molar-refractivity contribution in [2.45, 2.75) is 50.6 Å². The SMILES string of the molecule is CN(C[C@@H]1CCCN1C1CCCC1)C(N)=O. The number of carbonyl (C=O) groups excluding carboxylic acids is 1. The van der Waals surface area contributed by atoms with Gasteiger partial charge in [-0.2, -0.15) is 0 Å². The lowest BCUT2D eigenvalue weighted by atomic mass is 10.1. The van der Waals surface area contributed by atoms with Gasteiger partial charge in [0.05, 0.1) is 0 Å². The van der Waals surface area contributed by atoms with Crippen molar-refractivity contribution < 1.29 is 4.79 Å². The lowest BCUT2D eigenvalue weighted by Gasteiger charge is -2.32. The van der Waals surface area contributed by atoms with Crippen LogP contribution >= 0.6 is 0 Å². The highest BCUT2D eigenvalue weighted by Gasteiger charge is 2.32. The van der Waals surface area contributed by atoms with E-state index < -0.39 is 0 Å². The van der Waals surface area contributed by atoms with Crippen LogP contribution in [-0.2, 0) is 0 Å². The Balaban J connectivity index is 1.89. The first-order valence-electron chi connectivity index (χ1n) is 6.45. The summed E-state index contributed by atoms with van der Waals surface area (Å²) in [6, 6.07) is 1.01. The minimum atomic E-state index is -0.307. The maximum atomic E-state index is 11.0. The highest BCUT2D eigenvalue weighted by molar-refractivity contribution is 5.71. The molecule has 1 heterocycles. The Morgan fingerprint density at radius 3 is 2.62 bits per heavy atom. The molecule has 92 valence electrons. The predicted octanol–water partition coefficient (Wildman–Crippen LogP) is 1.40. The van der Waals surface area contributed by atoms with Crippen molar-refractivity contribution in [2.24, 2.45) is 5.73 Å². The highest BCUT2D eigenvalue weighted by atomic mass is 16.2. The van der Waals surface area contributed by atoms with Gasteiger partial charge in [0.25, 0.3) is 0 Å². The normalized spacial score (nSPS) is 27.4. The molecule has 2 N–H and O–H groups in total. The summed E-state index contributed by atoms with van der Waals surface area (Å²) >= 11 is 0. The van der Waals surface area contributed by atoms with E-state index in [0.717, 1.165) is 12.6 Å². The van der Waals surface area contributed by atoms with E-state index in [1.165, 1.54) is 45.1 Å². The fraction of sp³-hybridized carbons (Fsp3) is 0.917. The van der Waals surface area contributed by atoms with Crippen molar-refractivity contribution in [3.63, 3.8) is 0 Å². The first-order valence-corrected chi connectivity index (χ1v) is 6.45. The highest BCUT2D eigenvalue weighted by Crippen LogP contribution is 2.30. The number of carbonyl (C=O) groups is 1.